The van der Waals surface area contributed by atoms with Gasteiger partial charge in [-0.25, -0.2) is 9.78 Å². The van der Waals surface area contributed by atoms with Gasteiger partial charge in [-0.3, -0.25) is 5.10 Å². The maximum Gasteiger partial charge on any atom is 0.373 e. The second-order valence-electron chi connectivity index (χ2n) is 5.14. The second-order valence-corrected chi connectivity index (χ2v) is 5.14. The van der Waals surface area contributed by atoms with Crippen molar-refractivity contribution in [3.63, 3.8) is 0 Å². The highest BCUT2D eigenvalue weighted by Gasteiger charge is 2.16. The summed E-state index contributed by atoms with van der Waals surface area (Å²) in [5.41, 5.74) is 2.00. The maximum atomic E-state index is 10.7. The van der Waals surface area contributed by atoms with E-state index in [1.165, 1.54) is 0 Å². The molecule has 2 aromatic rings. The van der Waals surface area contributed by atoms with E-state index in [0.29, 0.717) is 5.82 Å². The fourth-order valence-corrected chi connectivity index (χ4v) is 1.61. The molecule has 1 heterocycles. The number of carbonyl (C=O) groups is 1. The van der Waals surface area contributed by atoms with Crippen molar-refractivity contribution in [1.82, 2.24) is 15.2 Å². The molecule has 0 unspecified atom stereocenters. The molecule has 0 radical (unpaired) electrons. The van der Waals surface area contributed by atoms with Crippen LogP contribution in [0.4, 0.5) is 0 Å². The normalized spacial score (nSPS) is 11.5. The van der Waals surface area contributed by atoms with Gasteiger partial charge >= 0.3 is 5.97 Å². The molecular weight excluding hydrogens is 230 g/mol. The third-order valence-corrected chi connectivity index (χ3v) is 2.67. The monoisotopic (exact) mass is 245 g/mol. The Hall–Kier alpha value is -2.17. The van der Waals surface area contributed by atoms with Gasteiger partial charge in [0.25, 0.3) is 0 Å². The van der Waals surface area contributed by atoms with Crippen molar-refractivity contribution >= 4 is 5.97 Å². The number of nitrogens with one attached hydrogen (secondary N) is 1. The topological polar surface area (TPSA) is 78.9 Å². The highest BCUT2D eigenvalue weighted by atomic mass is 16.4. The van der Waals surface area contributed by atoms with Gasteiger partial charge in [-0.1, -0.05) is 39.0 Å². The Kier molecular flexibility index (Phi) is 2.90. The molecule has 0 fully saturated rings. The van der Waals surface area contributed by atoms with Gasteiger partial charge in [0.1, 0.15) is 0 Å². The van der Waals surface area contributed by atoms with Crippen molar-refractivity contribution < 1.29 is 9.90 Å². The van der Waals surface area contributed by atoms with Crippen LogP contribution in [0.3, 0.4) is 0 Å². The maximum absolute atomic E-state index is 10.7. The van der Waals surface area contributed by atoms with Crippen LogP contribution in [0.5, 0.6) is 0 Å². The van der Waals surface area contributed by atoms with E-state index in [1.54, 1.807) is 0 Å². The van der Waals surface area contributed by atoms with Crippen LogP contribution in [0, 0.1) is 0 Å². The third-order valence-electron chi connectivity index (χ3n) is 2.67. The fourth-order valence-electron chi connectivity index (χ4n) is 1.61. The third kappa shape index (κ3) is 2.40. The quantitative estimate of drug-likeness (QED) is 0.851. The molecule has 0 aliphatic rings. The summed E-state index contributed by atoms with van der Waals surface area (Å²) < 4.78 is 0. The molecule has 0 aliphatic carbocycles. The first kappa shape index (κ1) is 12.3. The van der Waals surface area contributed by atoms with Crippen LogP contribution in [0.25, 0.3) is 11.4 Å². The highest BCUT2D eigenvalue weighted by Crippen LogP contribution is 2.25. The minimum absolute atomic E-state index is 0.0297. The molecule has 2 rings (SSSR count). The molecule has 0 saturated heterocycles. The number of hydrogen-bond acceptors (Lipinski definition) is 3. The van der Waals surface area contributed by atoms with E-state index in [2.05, 4.69) is 36.0 Å². The second kappa shape index (κ2) is 4.25. The van der Waals surface area contributed by atoms with Crippen LogP contribution >= 0.6 is 0 Å². The Labute approximate surface area is 105 Å². The van der Waals surface area contributed by atoms with Crippen molar-refractivity contribution in [2.45, 2.75) is 26.2 Å². The molecule has 0 bridgehead atoms. The van der Waals surface area contributed by atoms with Crippen LogP contribution in [-0.2, 0) is 5.41 Å². The molecule has 0 amide bonds. The fraction of sp³-hybridized carbons (Fsp3) is 0.308. The Balaban J connectivity index is 2.41. The molecule has 1 aromatic carbocycles. The summed E-state index contributed by atoms with van der Waals surface area (Å²) in [6.45, 7) is 6.35. The summed E-state index contributed by atoms with van der Waals surface area (Å²) in [6, 6.07) is 7.81. The molecule has 5 nitrogen and oxygen atoms in total. The van der Waals surface area contributed by atoms with Gasteiger partial charge in [0.2, 0.25) is 5.82 Å². The van der Waals surface area contributed by atoms with Crippen molar-refractivity contribution in [2.75, 3.05) is 0 Å². The van der Waals surface area contributed by atoms with E-state index < -0.39 is 5.97 Å². The zero-order valence-electron chi connectivity index (χ0n) is 10.6. The summed E-state index contributed by atoms with van der Waals surface area (Å²) in [6.07, 6.45) is 0. The van der Waals surface area contributed by atoms with Crippen LogP contribution in [0.1, 0.15) is 37.0 Å². The summed E-state index contributed by atoms with van der Waals surface area (Å²) in [4.78, 5) is 14.7. The summed E-state index contributed by atoms with van der Waals surface area (Å²) in [5, 5.41) is 15.1. The van der Waals surface area contributed by atoms with Gasteiger partial charge < -0.3 is 5.11 Å². The minimum atomic E-state index is -1.11. The first-order valence-corrected chi connectivity index (χ1v) is 5.64. The number of rotatable bonds is 2. The van der Waals surface area contributed by atoms with E-state index in [0.717, 1.165) is 11.1 Å². The van der Waals surface area contributed by atoms with E-state index in [1.807, 2.05) is 24.3 Å². The molecule has 1 aromatic heterocycles. The van der Waals surface area contributed by atoms with Gasteiger partial charge in [0, 0.05) is 5.56 Å². The number of carboxylic acid groups (broad SMARTS) is 1. The number of carboxylic acids is 1. The number of benzene rings is 1. The van der Waals surface area contributed by atoms with Gasteiger partial charge in [-0.15, -0.1) is 0 Å². The highest BCUT2D eigenvalue weighted by molar-refractivity contribution is 5.83. The molecule has 0 aliphatic heterocycles. The van der Waals surface area contributed by atoms with E-state index in [4.69, 9.17) is 5.11 Å². The lowest BCUT2D eigenvalue weighted by Gasteiger charge is -2.19. The summed E-state index contributed by atoms with van der Waals surface area (Å²) >= 11 is 0. The molecule has 2 N–H and O–H groups in total. The van der Waals surface area contributed by atoms with Gasteiger partial charge in [-0.2, -0.15) is 5.10 Å². The summed E-state index contributed by atoms with van der Waals surface area (Å²) in [7, 11) is 0. The zero-order valence-corrected chi connectivity index (χ0v) is 10.6. The lowest BCUT2D eigenvalue weighted by Crippen LogP contribution is -2.10. The zero-order chi connectivity index (χ0) is 13.3. The molecule has 0 spiro atoms. The average molecular weight is 245 g/mol. The van der Waals surface area contributed by atoms with Gasteiger partial charge in [0.05, 0.1) is 0 Å². The van der Waals surface area contributed by atoms with Crippen molar-refractivity contribution in [2.24, 2.45) is 0 Å². The summed E-state index contributed by atoms with van der Waals surface area (Å²) in [5.74, 6) is -0.856. The smallest absolute Gasteiger partial charge is 0.373 e. The van der Waals surface area contributed by atoms with Crippen molar-refractivity contribution in [3.8, 4) is 11.4 Å². The molecule has 0 saturated carbocycles. The number of aromatic carboxylic acids is 1. The van der Waals surface area contributed by atoms with Crippen molar-refractivity contribution in [3.05, 3.63) is 35.7 Å². The predicted molar refractivity (Wildman–Crippen MR) is 67.5 cm³/mol. The number of hydrogen-bond donors (Lipinski definition) is 2. The van der Waals surface area contributed by atoms with Crippen LogP contribution in [0.15, 0.2) is 24.3 Å². The standard InChI is InChI=1S/C13H15N3O2/c1-13(2,3)9-6-4-5-8(7-9)10-14-11(12(17)18)16-15-10/h4-7H,1-3H3,(H,17,18)(H,14,15,16). The Morgan fingerprint density at radius 3 is 2.61 bits per heavy atom. The SMILES string of the molecule is CC(C)(C)c1cccc(-c2n[nH]c(C(=O)O)n2)c1. The first-order valence-electron chi connectivity index (χ1n) is 5.64. The average Bonchev–Trinajstić information content (AvgIpc) is 2.77. The number of nitrogens with zero attached hydrogens (tertiary/aromatic N) is 2. The number of aromatic nitrogens is 3. The first-order chi connectivity index (χ1) is 8.38. The predicted octanol–water partition coefficient (Wildman–Crippen LogP) is 2.47. The van der Waals surface area contributed by atoms with Crippen LogP contribution in [0.2, 0.25) is 0 Å². The van der Waals surface area contributed by atoms with Crippen LogP contribution < -0.4 is 0 Å². The Morgan fingerprint density at radius 1 is 1.33 bits per heavy atom. The van der Waals surface area contributed by atoms with Gasteiger partial charge in [0.15, 0.2) is 5.82 Å². The van der Waals surface area contributed by atoms with Crippen LogP contribution in [-0.4, -0.2) is 26.3 Å². The lowest BCUT2D eigenvalue weighted by molar-refractivity contribution is 0.0684. The van der Waals surface area contributed by atoms with E-state index in [-0.39, 0.29) is 11.2 Å². The molecular formula is C13H15N3O2. The minimum Gasteiger partial charge on any atom is -0.475 e. The van der Waals surface area contributed by atoms with E-state index >= 15 is 0 Å². The number of aromatic amines is 1. The van der Waals surface area contributed by atoms with Gasteiger partial charge in [-0.05, 0) is 17.0 Å². The Morgan fingerprint density at radius 2 is 2.06 bits per heavy atom. The number of H-pyrrole nitrogens is 1. The molecule has 0 atom stereocenters. The molecule has 5 heteroatoms. The largest absolute Gasteiger partial charge is 0.475 e. The molecule has 18 heavy (non-hydrogen) atoms. The molecule has 94 valence electrons. The lowest BCUT2D eigenvalue weighted by atomic mass is 9.86. The Bertz CT molecular complexity index is 582. The van der Waals surface area contributed by atoms with Crippen molar-refractivity contribution in [1.29, 1.82) is 0 Å². The van der Waals surface area contributed by atoms with E-state index in [9.17, 15) is 4.79 Å².